The van der Waals surface area contributed by atoms with Crippen molar-refractivity contribution in [1.82, 2.24) is 0 Å². The van der Waals surface area contributed by atoms with E-state index in [0.717, 1.165) is 25.1 Å². The van der Waals surface area contributed by atoms with Crippen LogP contribution in [0.2, 0.25) is 6.32 Å². The van der Waals surface area contributed by atoms with Crippen molar-refractivity contribution in [3.8, 4) is 0 Å². The van der Waals surface area contributed by atoms with Crippen molar-refractivity contribution >= 4 is 7.85 Å². The molecule has 3 fully saturated rings. The summed E-state index contributed by atoms with van der Waals surface area (Å²) in [7, 11) is 4.05. The van der Waals surface area contributed by atoms with Crippen molar-refractivity contribution in [3.05, 3.63) is 0 Å². The fraction of sp³-hybridized carbons (Fsp3) is 1.00. The molecule has 3 aliphatic carbocycles. The average molecular weight is 435 g/mol. The van der Waals surface area contributed by atoms with E-state index in [2.05, 4.69) is 28.6 Å². The van der Waals surface area contributed by atoms with E-state index in [4.69, 9.17) is 4.74 Å². The Balaban J connectivity index is 1.92. The van der Waals surface area contributed by atoms with Gasteiger partial charge in [0.15, 0.2) is 0 Å². The van der Waals surface area contributed by atoms with Crippen LogP contribution < -0.4 is 0 Å². The van der Waals surface area contributed by atoms with Gasteiger partial charge in [-0.25, -0.2) is 0 Å². The number of ether oxygens (including phenoxy) is 1. The van der Waals surface area contributed by atoms with Gasteiger partial charge in [0.25, 0.3) is 0 Å². The molecule has 9 atom stereocenters. The summed E-state index contributed by atoms with van der Waals surface area (Å²) >= 11 is 0. The Hall–Kier alpha value is -0.0551. The lowest BCUT2D eigenvalue weighted by atomic mass is 9.50. The van der Waals surface area contributed by atoms with Crippen LogP contribution in [-0.4, -0.2) is 44.0 Å². The van der Waals surface area contributed by atoms with E-state index >= 15 is 0 Å². The Labute approximate surface area is 193 Å². The maximum atomic E-state index is 10.9. The van der Waals surface area contributed by atoms with E-state index in [1.807, 2.05) is 0 Å². The van der Waals surface area contributed by atoms with Gasteiger partial charge in [0.05, 0.1) is 18.8 Å². The van der Waals surface area contributed by atoms with Crippen LogP contribution in [0, 0.1) is 46.8 Å². The molecule has 3 rings (SSSR count). The lowest BCUT2D eigenvalue weighted by Crippen LogP contribution is -2.50. The molecule has 4 heteroatoms. The number of rotatable bonds is 8. The van der Waals surface area contributed by atoms with Gasteiger partial charge in [0.2, 0.25) is 0 Å². The van der Waals surface area contributed by atoms with Crippen LogP contribution in [0.25, 0.3) is 0 Å². The number of aliphatic hydroxyl groups is 2. The first-order valence-electron chi connectivity index (χ1n) is 13.7. The monoisotopic (exact) mass is 434 g/mol. The Kier molecular flexibility index (Phi) is 9.39. The van der Waals surface area contributed by atoms with E-state index in [-0.39, 0.29) is 18.1 Å². The lowest BCUT2D eigenvalue weighted by molar-refractivity contribution is -0.105. The number of hydrogen-bond donors (Lipinski definition) is 2. The van der Waals surface area contributed by atoms with E-state index in [9.17, 15) is 10.2 Å². The van der Waals surface area contributed by atoms with E-state index < -0.39 is 0 Å². The zero-order valence-corrected chi connectivity index (χ0v) is 21.2. The minimum atomic E-state index is -0.226. The molecule has 0 saturated heterocycles. The third-order valence-electron chi connectivity index (χ3n) is 10.2. The molecular weight excluding hydrogens is 383 g/mol. The highest BCUT2D eigenvalue weighted by molar-refractivity contribution is 6.08. The summed E-state index contributed by atoms with van der Waals surface area (Å²) in [5.74, 6) is 3.73. The zero-order chi connectivity index (χ0) is 22.6. The SMILES string of the molecule is BCC1CC(C(CC)(CC2CCCCC2)[C@H]2CC(C)C(O)C(COC)C2)C[C@H](C)C1O. The minimum Gasteiger partial charge on any atom is -0.393 e. The van der Waals surface area contributed by atoms with Crippen LogP contribution in [0.15, 0.2) is 0 Å². The largest absolute Gasteiger partial charge is 0.393 e. The standard InChI is InChI=1S/C27H51BO3/c1-5-27(15-20-9-7-6-8-10-20,23-11-18(2)25(29)21(13-23)16-28)24-12-19(3)26(30)22(14-24)17-31-4/h18-26,29-30H,5-17,28H2,1-4H3/t18-,19?,21?,22?,23?,24-,25?,26?,27?/m0/s1. The molecule has 3 saturated carbocycles. The third-order valence-corrected chi connectivity index (χ3v) is 10.2. The highest BCUT2D eigenvalue weighted by Gasteiger charge is 2.51. The molecule has 31 heavy (non-hydrogen) atoms. The predicted molar refractivity (Wildman–Crippen MR) is 132 cm³/mol. The van der Waals surface area contributed by atoms with Crippen LogP contribution in [0.4, 0.5) is 0 Å². The van der Waals surface area contributed by atoms with Crippen LogP contribution in [0.1, 0.15) is 91.4 Å². The summed E-state index contributed by atoms with van der Waals surface area (Å²) in [5, 5.41) is 21.8. The fourth-order valence-corrected chi connectivity index (χ4v) is 8.35. The quantitative estimate of drug-likeness (QED) is 0.523. The lowest BCUT2D eigenvalue weighted by Gasteiger charge is -2.56. The van der Waals surface area contributed by atoms with Gasteiger partial charge < -0.3 is 14.9 Å². The molecule has 7 unspecified atom stereocenters. The molecule has 0 amide bonds. The molecule has 0 aromatic rings. The van der Waals surface area contributed by atoms with Crippen molar-refractivity contribution < 1.29 is 14.9 Å². The van der Waals surface area contributed by atoms with E-state index in [0.29, 0.717) is 41.6 Å². The van der Waals surface area contributed by atoms with Gasteiger partial charge in [-0.05, 0) is 79.4 Å². The fourth-order valence-electron chi connectivity index (χ4n) is 8.35. The average Bonchev–Trinajstić information content (AvgIpc) is 2.77. The topological polar surface area (TPSA) is 49.7 Å². The van der Waals surface area contributed by atoms with Gasteiger partial charge in [0.1, 0.15) is 7.85 Å². The van der Waals surface area contributed by atoms with Crippen molar-refractivity contribution in [1.29, 1.82) is 0 Å². The highest BCUT2D eigenvalue weighted by Crippen LogP contribution is 2.58. The molecule has 0 aromatic carbocycles. The third kappa shape index (κ3) is 5.54. The Morgan fingerprint density at radius 3 is 1.94 bits per heavy atom. The minimum absolute atomic E-state index is 0.126. The van der Waals surface area contributed by atoms with Crippen LogP contribution in [-0.2, 0) is 4.74 Å². The summed E-state index contributed by atoms with van der Waals surface area (Å²) in [6, 6.07) is 0. The van der Waals surface area contributed by atoms with Gasteiger partial charge in [-0.2, -0.15) is 0 Å². The Morgan fingerprint density at radius 2 is 1.42 bits per heavy atom. The molecule has 0 radical (unpaired) electrons. The van der Waals surface area contributed by atoms with Gasteiger partial charge in [0, 0.05) is 13.0 Å². The first-order valence-corrected chi connectivity index (χ1v) is 13.7. The van der Waals surface area contributed by atoms with Crippen LogP contribution in [0.5, 0.6) is 0 Å². The molecule has 3 nitrogen and oxygen atoms in total. The second-order valence-electron chi connectivity index (χ2n) is 12.0. The van der Waals surface area contributed by atoms with Gasteiger partial charge in [-0.1, -0.05) is 59.2 Å². The maximum absolute atomic E-state index is 10.9. The molecule has 0 aliphatic heterocycles. The molecule has 2 N–H and O–H groups in total. The van der Waals surface area contributed by atoms with Crippen molar-refractivity contribution in [2.45, 2.75) is 110 Å². The van der Waals surface area contributed by atoms with Crippen molar-refractivity contribution in [2.75, 3.05) is 13.7 Å². The molecule has 0 aromatic heterocycles. The first-order chi connectivity index (χ1) is 14.9. The first kappa shape index (κ1) is 25.6. The van der Waals surface area contributed by atoms with E-state index in [1.165, 1.54) is 57.8 Å². The van der Waals surface area contributed by atoms with Crippen LogP contribution in [0.3, 0.4) is 0 Å². The summed E-state index contributed by atoms with van der Waals surface area (Å²) in [4.78, 5) is 0. The van der Waals surface area contributed by atoms with Gasteiger partial charge in [-0.3, -0.25) is 0 Å². The molecule has 0 heterocycles. The maximum Gasteiger partial charge on any atom is 0.101 e. The Bertz CT molecular complexity index is 537. The van der Waals surface area contributed by atoms with Crippen LogP contribution >= 0.6 is 0 Å². The highest BCUT2D eigenvalue weighted by atomic mass is 16.5. The Morgan fingerprint density at radius 1 is 0.871 bits per heavy atom. The second kappa shape index (κ2) is 11.4. The molecule has 0 spiro atoms. The van der Waals surface area contributed by atoms with Crippen molar-refractivity contribution in [3.63, 3.8) is 0 Å². The number of methoxy groups -OCH3 is 1. The number of aliphatic hydroxyl groups excluding tert-OH is 2. The second-order valence-corrected chi connectivity index (χ2v) is 12.0. The molecular formula is C27H51BO3. The smallest absolute Gasteiger partial charge is 0.101 e. The molecule has 3 aliphatic rings. The van der Waals surface area contributed by atoms with Crippen molar-refractivity contribution in [2.24, 2.45) is 46.8 Å². The summed E-state index contributed by atoms with van der Waals surface area (Å²) in [6.07, 6.45) is 15.1. The normalized spacial score (nSPS) is 42.3. The summed E-state index contributed by atoms with van der Waals surface area (Å²) in [5.41, 5.74) is 0.351. The number of hydrogen-bond acceptors (Lipinski definition) is 3. The zero-order valence-electron chi connectivity index (χ0n) is 21.2. The molecule has 180 valence electrons. The summed E-state index contributed by atoms with van der Waals surface area (Å²) < 4.78 is 5.56. The van der Waals surface area contributed by atoms with Gasteiger partial charge in [-0.15, -0.1) is 0 Å². The predicted octanol–water partition coefficient (Wildman–Crippen LogP) is 5.10. The summed E-state index contributed by atoms with van der Waals surface area (Å²) in [6.45, 7) is 7.70. The molecule has 0 bridgehead atoms. The van der Waals surface area contributed by atoms with E-state index in [1.54, 1.807) is 7.11 Å². The van der Waals surface area contributed by atoms with Gasteiger partial charge >= 0.3 is 0 Å².